The number of nitrogens with zero attached hydrogens (tertiary/aromatic N) is 1. The fraction of sp³-hybridized carbons (Fsp3) is 0.632. The lowest BCUT2D eigenvalue weighted by molar-refractivity contribution is -0.136. The third-order valence-electron chi connectivity index (χ3n) is 5.38. The molecule has 0 unspecified atom stereocenters. The zero-order valence-corrected chi connectivity index (χ0v) is 13.9. The zero-order valence-electron chi connectivity index (χ0n) is 13.9. The van der Waals surface area contributed by atoms with Crippen LogP contribution in [0, 0.1) is 0 Å². The molecule has 3 rings (SSSR count). The molecule has 1 aromatic carbocycles. The van der Waals surface area contributed by atoms with Crippen molar-refractivity contribution in [2.75, 3.05) is 13.1 Å². The summed E-state index contributed by atoms with van der Waals surface area (Å²) in [5.74, 6) is 0.258. The van der Waals surface area contributed by atoms with Gasteiger partial charge in [0.05, 0.1) is 5.41 Å². The number of hydrogen-bond acceptors (Lipinski definition) is 2. The Kier molecular flexibility index (Phi) is 4.02. The maximum Gasteiger partial charge on any atom is 0.232 e. The molecule has 3 heteroatoms. The second-order valence-corrected chi connectivity index (χ2v) is 7.57. The van der Waals surface area contributed by atoms with Crippen molar-refractivity contribution in [3.63, 3.8) is 0 Å². The first-order chi connectivity index (χ1) is 10.4. The predicted octanol–water partition coefficient (Wildman–Crippen LogP) is 3.31. The molecule has 0 radical (unpaired) electrons. The summed E-state index contributed by atoms with van der Waals surface area (Å²) >= 11 is 0. The van der Waals surface area contributed by atoms with E-state index in [1.54, 1.807) is 0 Å². The summed E-state index contributed by atoms with van der Waals surface area (Å²) in [5.41, 5.74) is 7.98. The molecule has 1 aromatic rings. The fourth-order valence-electron chi connectivity index (χ4n) is 3.43. The number of carbonyl (C=O) groups excluding carboxylic acids is 1. The highest BCUT2D eigenvalue weighted by atomic mass is 16.2. The van der Waals surface area contributed by atoms with E-state index in [-0.39, 0.29) is 11.4 Å². The molecule has 2 N–H and O–H groups in total. The highest BCUT2D eigenvalue weighted by Crippen LogP contribution is 2.43. The summed E-state index contributed by atoms with van der Waals surface area (Å²) in [6, 6.07) is 8.38. The SMILES string of the molecule is CC(C)(C(=O)N1CCCCCC1)c1cccc(C2(N)CC2)c1. The van der Waals surface area contributed by atoms with Gasteiger partial charge in [-0.1, -0.05) is 37.1 Å². The summed E-state index contributed by atoms with van der Waals surface area (Å²) in [6.07, 6.45) is 6.86. The van der Waals surface area contributed by atoms with Crippen molar-refractivity contribution < 1.29 is 4.79 Å². The summed E-state index contributed by atoms with van der Waals surface area (Å²) in [5, 5.41) is 0. The Hall–Kier alpha value is -1.35. The molecule has 0 atom stereocenters. The van der Waals surface area contributed by atoms with E-state index in [0.29, 0.717) is 0 Å². The summed E-state index contributed by atoms with van der Waals surface area (Å²) in [6.45, 7) is 5.91. The van der Waals surface area contributed by atoms with Crippen molar-refractivity contribution in [2.24, 2.45) is 5.73 Å². The monoisotopic (exact) mass is 300 g/mol. The molecule has 1 aliphatic carbocycles. The first kappa shape index (κ1) is 15.5. The number of carbonyl (C=O) groups is 1. The normalized spacial score (nSPS) is 21.3. The molecule has 2 aliphatic rings. The second kappa shape index (κ2) is 5.69. The molecule has 1 amide bonds. The van der Waals surface area contributed by atoms with Gasteiger partial charge in [-0.25, -0.2) is 0 Å². The molecule has 0 bridgehead atoms. The van der Waals surface area contributed by atoms with Crippen LogP contribution in [0.3, 0.4) is 0 Å². The van der Waals surface area contributed by atoms with Crippen LogP contribution in [-0.4, -0.2) is 23.9 Å². The highest BCUT2D eigenvalue weighted by molar-refractivity contribution is 5.87. The van der Waals surface area contributed by atoms with Crippen LogP contribution in [0.15, 0.2) is 24.3 Å². The lowest BCUT2D eigenvalue weighted by Crippen LogP contribution is -2.44. The number of nitrogens with two attached hydrogens (primary N) is 1. The van der Waals surface area contributed by atoms with E-state index < -0.39 is 5.41 Å². The topological polar surface area (TPSA) is 46.3 Å². The number of benzene rings is 1. The van der Waals surface area contributed by atoms with Crippen molar-refractivity contribution >= 4 is 5.91 Å². The van der Waals surface area contributed by atoms with Gasteiger partial charge in [-0.2, -0.15) is 0 Å². The lowest BCUT2D eigenvalue weighted by Gasteiger charge is -2.32. The molecule has 2 fully saturated rings. The maximum atomic E-state index is 13.0. The molecule has 1 saturated carbocycles. The minimum absolute atomic E-state index is 0.141. The van der Waals surface area contributed by atoms with Gasteiger partial charge >= 0.3 is 0 Å². The van der Waals surface area contributed by atoms with Gasteiger partial charge in [0.1, 0.15) is 0 Å². The van der Waals surface area contributed by atoms with Crippen molar-refractivity contribution in [3.05, 3.63) is 35.4 Å². The van der Waals surface area contributed by atoms with Gasteiger partial charge in [0, 0.05) is 18.6 Å². The average molecular weight is 300 g/mol. The molecular weight excluding hydrogens is 272 g/mol. The van der Waals surface area contributed by atoms with E-state index in [0.717, 1.165) is 44.3 Å². The van der Waals surface area contributed by atoms with Gasteiger partial charge in [0.15, 0.2) is 0 Å². The van der Waals surface area contributed by atoms with Crippen LogP contribution < -0.4 is 5.73 Å². The Bertz CT molecular complexity index is 552. The Morgan fingerprint density at radius 1 is 1.14 bits per heavy atom. The molecule has 22 heavy (non-hydrogen) atoms. The van der Waals surface area contributed by atoms with Crippen LogP contribution in [0.5, 0.6) is 0 Å². The predicted molar refractivity (Wildman–Crippen MR) is 89.6 cm³/mol. The largest absolute Gasteiger partial charge is 0.342 e. The van der Waals surface area contributed by atoms with Gasteiger partial charge < -0.3 is 10.6 Å². The minimum atomic E-state index is -0.481. The molecule has 0 aromatic heterocycles. The van der Waals surface area contributed by atoms with Gasteiger partial charge in [-0.15, -0.1) is 0 Å². The molecular formula is C19H28N2O. The lowest BCUT2D eigenvalue weighted by atomic mass is 9.81. The van der Waals surface area contributed by atoms with Gasteiger partial charge in [0.25, 0.3) is 0 Å². The van der Waals surface area contributed by atoms with E-state index in [9.17, 15) is 4.79 Å². The van der Waals surface area contributed by atoms with Crippen LogP contribution in [-0.2, 0) is 15.7 Å². The number of likely N-dealkylation sites (tertiary alicyclic amines) is 1. The third-order valence-corrected chi connectivity index (χ3v) is 5.38. The molecule has 3 nitrogen and oxygen atoms in total. The number of hydrogen-bond donors (Lipinski definition) is 1. The van der Waals surface area contributed by atoms with Gasteiger partial charge in [-0.05, 0) is 50.7 Å². The first-order valence-corrected chi connectivity index (χ1v) is 8.63. The van der Waals surface area contributed by atoms with E-state index in [1.165, 1.54) is 18.4 Å². The van der Waals surface area contributed by atoms with Crippen molar-refractivity contribution in [1.29, 1.82) is 0 Å². The smallest absolute Gasteiger partial charge is 0.232 e. The van der Waals surface area contributed by atoms with Crippen molar-refractivity contribution in [1.82, 2.24) is 4.90 Å². The van der Waals surface area contributed by atoms with Crippen molar-refractivity contribution in [3.8, 4) is 0 Å². The molecule has 0 spiro atoms. The molecule has 120 valence electrons. The van der Waals surface area contributed by atoms with Gasteiger partial charge in [0.2, 0.25) is 5.91 Å². The van der Waals surface area contributed by atoms with E-state index in [2.05, 4.69) is 43.0 Å². The second-order valence-electron chi connectivity index (χ2n) is 7.57. The van der Waals surface area contributed by atoms with Crippen LogP contribution >= 0.6 is 0 Å². The Morgan fingerprint density at radius 2 is 1.77 bits per heavy atom. The minimum Gasteiger partial charge on any atom is -0.342 e. The fourth-order valence-corrected chi connectivity index (χ4v) is 3.43. The average Bonchev–Trinajstić information content (AvgIpc) is 3.30. The summed E-state index contributed by atoms with van der Waals surface area (Å²) < 4.78 is 0. The van der Waals surface area contributed by atoms with Gasteiger partial charge in [-0.3, -0.25) is 4.79 Å². The highest BCUT2D eigenvalue weighted by Gasteiger charge is 2.41. The Balaban J connectivity index is 1.83. The Morgan fingerprint density at radius 3 is 2.36 bits per heavy atom. The zero-order chi connectivity index (χ0) is 15.8. The van der Waals surface area contributed by atoms with Crippen LogP contribution in [0.2, 0.25) is 0 Å². The van der Waals surface area contributed by atoms with E-state index in [4.69, 9.17) is 5.73 Å². The quantitative estimate of drug-likeness (QED) is 0.931. The number of amides is 1. The standard InChI is InChI=1S/C19H28N2O/c1-18(2,17(22)21-12-5-3-4-6-13-21)15-8-7-9-16(14-15)19(20)10-11-19/h7-9,14H,3-6,10-13,20H2,1-2H3. The van der Waals surface area contributed by atoms with E-state index >= 15 is 0 Å². The molecule has 1 aliphatic heterocycles. The van der Waals surface area contributed by atoms with Crippen LogP contribution in [0.25, 0.3) is 0 Å². The van der Waals surface area contributed by atoms with Crippen molar-refractivity contribution in [2.45, 2.75) is 63.3 Å². The number of rotatable bonds is 3. The van der Waals surface area contributed by atoms with Crippen LogP contribution in [0.4, 0.5) is 0 Å². The third kappa shape index (κ3) is 2.91. The van der Waals surface area contributed by atoms with E-state index in [1.807, 2.05) is 0 Å². The summed E-state index contributed by atoms with van der Waals surface area (Å²) in [4.78, 5) is 15.1. The van der Waals surface area contributed by atoms with Crippen LogP contribution in [0.1, 0.15) is 63.5 Å². The Labute approximate surface area is 133 Å². The molecule has 1 saturated heterocycles. The first-order valence-electron chi connectivity index (χ1n) is 8.63. The molecule has 1 heterocycles. The summed E-state index contributed by atoms with van der Waals surface area (Å²) in [7, 11) is 0. The maximum absolute atomic E-state index is 13.0.